The Morgan fingerprint density at radius 3 is 2.67 bits per heavy atom. The van der Waals surface area contributed by atoms with Crippen molar-refractivity contribution < 1.29 is 8.78 Å². The molecule has 0 saturated carbocycles. The van der Waals surface area contributed by atoms with Crippen LogP contribution in [0.3, 0.4) is 0 Å². The van der Waals surface area contributed by atoms with E-state index in [9.17, 15) is 8.78 Å². The van der Waals surface area contributed by atoms with Gasteiger partial charge in [0, 0.05) is 23.5 Å². The van der Waals surface area contributed by atoms with Crippen molar-refractivity contribution in [3.63, 3.8) is 0 Å². The highest BCUT2D eigenvalue weighted by Crippen LogP contribution is 2.13. The molecule has 0 aliphatic rings. The fraction of sp³-hybridized carbons (Fsp3) is 0.455. The van der Waals surface area contributed by atoms with Crippen molar-refractivity contribution in [1.82, 2.24) is 4.90 Å². The maximum Gasteiger partial charge on any atom is 0.127 e. The zero-order valence-corrected chi connectivity index (χ0v) is 10.4. The molecule has 0 spiro atoms. The lowest BCUT2D eigenvalue weighted by atomic mass is 10.2. The predicted molar refractivity (Wildman–Crippen MR) is 61.1 cm³/mol. The first-order valence-corrected chi connectivity index (χ1v) is 5.87. The highest BCUT2D eigenvalue weighted by molar-refractivity contribution is 9.09. The zero-order valence-electron chi connectivity index (χ0n) is 8.80. The van der Waals surface area contributed by atoms with Gasteiger partial charge in [0.05, 0.1) is 0 Å². The van der Waals surface area contributed by atoms with Crippen LogP contribution in [0.5, 0.6) is 0 Å². The molecule has 0 saturated heterocycles. The number of halogens is 3. The van der Waals surface area contributed by atoms with Gasteiger partial charge in [-0.3, -0.25) is 4.90 Å². The molecule has 15 heavy (non-hydrogen) atoms. The van der Waals surface area contributed by atoms with Crippen LogP contribution in [0.2, 0.25) is 0 Å². The Kier molecular flexibility index (Phi) is 4.67. The van der Waals surface area contributed by atoms with E-state index in [1.165, 1.54) is 6.07 Å². The molecule has 0 aliphatic heterocycles. The molecule has 0 fully saturated rings. The predicted octanol–water partition coefficient (Wildman–Crippen LogP) is 3.18. The number of rotatable bonds is 4. The first kappa shape index (κ1) is 12.6. The summed E-state index contributed by atoms with van der Waals surface area (Å²) in [4.78, 5) is 1.96. The second-order valence-electron chi connectivity index (χ2n) is 3.65. The van der Waals surface area contributed by atoms with Crippen molar-refractivity contribution >= 4 is 15.9 Å². The Labute approximate surface area is 97.2 Å². The summed E-state index contributed by atoms with van der Waals surface area (Å²) in [7, 11) is 1.89. The van der Waals surface area contributed by atoms with Crippen LogP contribution in [0.15, 0.2) is 18.2 Å². The third-order valence-corrected chi connectivity index (χ3v) is 3.34. The fourth-order valence-corrected chi connectivity index (χ4v) is 1.70. The number of hydrogen-bond acceptors (Lipinski definition) is 1. The van der Waals surface area contributed by atoms with Gasteiger partial charge in [0.1, 0.15) is 11.6 Å². The van der Waals surface area contributed by atoms with Crippen LogP contribution in [-0.2, 0) is 6.54 Å². The molecule has 0 amide bonds. The largest absolute Gasteiger partial charge is 0.299 e. The second-order valence-corrected chi connectivity index (χ2v) is 4.30. The molecule has 4 heteroatoms. The van der Waals surface area contributed by atoms with Crippen molar-refractivity contribution in [2.45, 2.75) is 19.5 Å². The monoisotopic (exact) mass is 277 g/mol. The summed E-state index contributed by atoms with van der Waals surface area (Å²) < 4.78 is 26.2. The van der Waals surface area contributed by atoms with Gasteiger partial charge in [0.15, 0.2) is 0 Å². The Balaban J connectivity index is 2.75. The minimum atomic E-state index is -0.397. The molecule has 84 valence electrons. The Bertz CT molecular complexity index is 330. The van der Waals surface area contributed by atoms with Crippen LogP contribution in [0.25, 0.3) is 0 Å². The van der Waals surface area contributed by atoms with E-state index < -0.39 is 5.82 Å². The van der Waals surface area contributed by atoms with Crippen LogP contribution < -0.4 is 0 Å². The van der Waals surface area contributed by atoms with E-state index in [1.54, 1.807) is 0 Å². The summed E-state index contributed by atoms with van der Waals surface area (Å²) in [6.07, 6.45) is 0. The Hall–Kier alpha value is -0.480. The molecule has 0 aromatic heterocycles. The van der Waals surface area contributed by atoms with Crippen molar-refractivity contribution in [3.8, 4) is 0 Å². The van der Waals surface area contributed by atoms with E-state index in [0.717, 1.165) is 17.5 Å². The van der Waals surface area contributed by atoms with Gasteiger partial charge in [-0.25, -0.2) is 8.78 Å². The number of benzene rings is 1. The highest BCUT2D eigenvalue weighted by Gasteiger charge is 2.11. The standard InChI is InChI=1S/C11H14BrF2N/c1-8(6-12)15(2)7-9-5-10(13)3-4-11(9)14/h3-5,8H,6-7H2,1-2H3. The average molecular weight is 278 g/mol. The number of hydrogen-bond donors (Lipinski definition) is 0. The smallest absolute Gasteiger partial charge is 0.127 e. The molecule has 1 unspecified atom stereocenters. The van der Waals surface area contributed by atoms with E-state index in [2.05, 4.69) is 15.9 Å². The SMILES string of the molecule is CC(CBr)N(C)Cc1cc(F)ccc1F. The van der Waals surface area contributed by atoms with Crippen molar-refractivity contribution in [2.24, 2.45) is 0 Å². The van der Waals surface area contributed by atoms with Crippen LogP contribution in [0, 0.1) is 11.6 Å². The summed E-state index contributed by atoms with van der Waals surface area (Å²) in [5.41, 5.74) is 0.394. The maximum absolute atomic E-state index is 13.3. The highest BCUT2D eigenvalue weighted by atomic mass is 79.9. The third-order valence-electron chi connectivity index (χ3n) is 2.40. The first-order chi connectivity index (χ1) is 7.04. The minimum absolute atomic E-state index is 0.285. The van der Waals surface area contributed by atoms with E-state index in [4.69, 9.17) is 0 Å². The van der Waals surface area contributed by atoms with Gasteiger partial charge in [-0.15, -0.1) is 0 Å². The molecule has 1 atom stereocenters. The summed E-state index contributed by atoms with van der Waals surface area (Å²) in [6.45, 7) is 2.43. The topological polar surface area (TPSA) is 3.24 Å². The fourth-order valence-electron chi connectivity index (χ4n) is 1.21. The van der Waals surface area contributed by atoms with Crippen LogP contribution >= 0.6 is 15.9 Å². The lowest BCUT2D eigenvalue weighted by molar-refractivity contribution is 0.266. The average Bonchev–Trinajstić information content (AvgIpc) is 2.22. The van der Waals surface area contributed by atoms with Gasteiger partial charge in [0.25, 0.3) is 0 Å². The van der Waals surface area contributed by atoms with Crippen LogP contribution in [0.4, 0.5) is 8.78 Å². The molecule has 0 bridgehead atoms. The lowest BCUT2D eigenvalue weighted by Crippen LogP contribution is -2.30. The minimum Gasteiger partial charge on any atom is -0.299 e. The Morgan fingerprint density at radius 2 is 2.07 bits per heavy atom. The molecular weight excluding hydrogens is 264 g/mol. The van der Waals surface area contributed by atoms with E-state index in [0.29, 0.717) is 12.1 Å². The number of alkyl halides is 1. The van der Waals surface area contributed by atoms with E-state index >= 15 is 0 Å². The first-order valence-electron chi connectivity index (χ1n) is 4.74. The molecular formula is C11H14BrF2N. The van der Waals surface area contributed by atoms with Crippen LogP contribution in [-0.4, -0.2) is 23.3 Å². The third kappa shape index (κ3) is 3.54. The van der Waals surface area contributed by atoms with Gasteiger partial charge in [-0.1, -0.05) is 15.9 Å². The molecule has 1 nitrogen and oxygen atoms in total. The lowest BCUT2D eigenvalue weighted by Gasteiger charge is -2.23. The van der Waals surface area contributed by atoms with Crippen molar-refractivity contribution in [3.05, 3.63) is 35.4 Å². The molecule has 0 radical (unpaired) electrons. The Morgan fingerprint density at radius 1 is 1.40 bits per heavy atom. The summed E-state index contributed by atoms with van der Waals surface area (Å²) >= 11 is 3.35. The number of nitrogens with zero attached hydrogens (tertiary/aromatic N) is 1. The molecule has 0 heterocycles. The van der Waals surface area contributed by atoms with Crippen LogP contribution in [0.1, 0.15) is 12.5 Å². The summed E-state index contributed by atoms with van der Waals surface area (Å²) in [5, 5.41) is 0.806. The second kappa shape index (κ2) is 5.56. The molecule has 1 aromatic rings. The molecule has 1 rings (SSSR count). The molecule has 0 N–H and O–H groups in total. The zero-order chi connectivity index (χ0) is 11.4. The van der Waals surface area contributed by atoms with Gasteiger partial charge in [-0.05, 0) is 32.2 Å². The quantitative estimate of drug-likeness (QED) is 0.765. The van der Waals surface area contributed by atoms with Gasteiger partial charge < -0.3 is 0 Å². The molecule has 0 aliphatic carbocycles. The van der Waals surface area contributed by atoms with E-state index in [-0.39, 0.29) is 11.9 Å². The summed E-state index contributed by atoms with van der Waals surface area (Å²) in [5.74, 6) is -0.753. The maximum atomic E-state index is 13.3. The van der Waals surface area contributed by atoms with Gasteiger partial charge in [0.2, 0.25) is 0 Å². The van der Waals surface area contributed by atoms with E-state index in [1.807, 2.05) is 18.9 Å². The van der Waals surface area contributed by atoms with Crippen molar-refractivity contribution in [2.75, 3.05) is 12.4 Å². The van der Waals surface area contributed by atoms with Gasteiger partial charge >= 0.3 is 0 Å². The van der Waals surface area contributed by atoms with Gasteiger partial charge in [-0.2, -0.15) is 0 Å². The summed E-state index contributed by atoms with van der Waals surface area (Å²) in [6, 6.07) is 3.82. The van der Waals surface area contributed by atoms with Crippen molar-refractivity contribution in [1.29, 1.82) is 0 Å². The normalized spacial score (nSPS) is 13.2. The molecule has 1 aromatic carbocycles.